The number of amides is 1. The van der Waals surface area contributed by atoms with E-state index in [0.29, 0.717) is 15.7 Å². The number of carbonyl (C=O) groups is 1. The van der Waals surface area contributed by atoms with E-state index in [1.54, 1.807) is 24.5 Å². The molecule has 126 valence electrons. The number of rotatable bonds is 2. The van der Waals surface area contributed by atoms with E-state index in [0.717, 1.165) is 11.1 Å². The van der Waals surface area contributed by atoms with Gasteiger partial charge in [-0.25, -0.2) is 0 Å². The summed E-state index contributed by atoms with van der Waals surface area (Å²) in [4.78, 5) is 17.8. The van der Waals surface area contributed by atoms with Crippen LogP contribution in [0.2, 0.25) is 10.0 Å². The fourth-order valence-corrected chi connectivity index (χ4v) is 2.15. The van der Waals surface area contributed by atoms with Crippen molar-refractivity contribution in [1.29, 1.82) is 5.53 Å². The molecule has 1 amide bonds. The highest BCUT2D eigenvalue weighted by Gasteiger charge is 2.14. The Balaban J connectivity index is 0.000000212. The molecule has 0 radical (unpaired) electrons. The summed E-state index contributed by atoms with van der Waals surface area (Å²) >= 11 is 11.3. The SMILES string of the molecule is Cc1ccc(Cl)c(Cl)c1.N=[N+]=NC(=O)c1cc(-c2cccnc2)n[nH]1. The smallest absolute Gasteiger partial charge is 0.272 e. The highest BCUT2D eigenvalue weighted by molar-refractivity contribution is 6.42. The summed E-state index contributed by atoms with van der Waals surface area (Å²) in [6.45, 7) is 1.97. The van der Waals surface area contributed by atoms with Gasteiger partial charge in [0, 0.05) is 18.0 Å². The molecule has 2 N–H and O–H groups in total. The van der Waals surface area contributed by atoms with Crippen LogP contribution < -0.4 is 4.91 Å². The average molecular weight is 376 g/mol. The van der Waals surface area contributed by atoms with Crippen molar-refractivity contribution in [2.75, 3.05) is 0 Å². The van der Waals surface area contributed by atoms with Gasteiger partial charge in [-0.3, -0.25) is 14.9 Å². The quantitative estimate of drug-likeness (QED) is 0.509. The fourth-order valence-electron chi connectivity index (χ4n) is 1.79. The third-order valence-corrected chi connectivity index (χ3v) is 3.72. The van der Waals surface area contributed by atoms with Crippen LogP contribution in [0.15, 0.2) is 53.9 Å². The van der Waals surface area contributed by atoms with Crippen molar-refractivity contribution in [2.45, 2.75) is 6.92 Å². The van der Waals surface area contributed by atoms with E-state index in [1.807, 2.05) is 25.1 Å². The second-order valence-corrected chi connectivity index (χ2v) is 5.65. The number of halogens is 2. The molecular formula is C16H13Cl2N6O+. The van der Waals surface area contributed by atoms with E-state index in [2.05, 4.69) is 25.2 Å². The van der Waals surface area contributed by atoms with Gasteiger partial charge < -0.3 is 0 Å². The van der Waals surface area contributed by atoms with Gasteiger partial charge >= 0.3 is 5.91 Å². The summed E-state index contributed by atoms with van der Waals surface area (Å²) in [6, 6.07) is 10.7. The van der Waals surface area contributed by atoms with Crippen LogP contribution >= 0.6 is 23.2 Å². The van der Waals surface area contributed by atoms with Gasteiger partial charge in [-0.1, -0.05) is 29.3 Å². The number of hydrogen-bond acceptors (Lipinski definition) is 4. The van der Waals surface area contributed by atoms with E-state index in [4.69, 9.17) is 28.7 Å². The average Bonchev–Trinajstić information content (AvgIpc) is 3.10. The molecule has 7 nitrogen and oxygen atoms in total. The summed E-state index contributed by atoms with van der Waals surface area (Å²) in [5.41, 5.74) is 9.15. The third-order valence-electron chi connectivity index (χ3n) is 2.98. The molecule has 0 fully saturated rings. The van der Waals surface area contributed by atoms with Crippen LogP contribution in [0, 0.1) is 12.5 Å². The number of aryl methyl sites for hydroxylation is 1. The lowest BCUT2D eigenvalue weighted by atomic mass is 10.2. The standard InChI is InChI=1S/C9H6N6O.C7H6Cl2/c10-15-14-9(16)8-4-7(12-13-8)6-2-1-3-11-5-6;1-5-2-3-6(8)7(9)4-5/h1-5H,(H-,10,12,13,14,16);2-4H,1H3/p+1. The van der Waals surface area contributed by atoms with Crippen LogP contribution in [0.3, 0.4) is 0 Å². The molecule has 2 heterocycles. The van der Waals surface area contributed by atoms with E-state index in [9.17, 15) is 4.79 Å². The molecule has 0 saturated carbocycles. The first kappa shape index (κ1) is 18.5. The van der Waals surface area contributed by atoms with Gasteiger partial charge in [0.15, 0.2) is 0 Å². The van der Waals surface area contributed by atoms with Gasteiger partial charge in [0.25, 0.3) is 0 Å². The zero-order valence-electron chi connectivity index (χ0n) is 13.1. The molecule has 0 spiro atoms. The molecule has 1 aromatic carbocycles. The summed E-state index contributed by atoms with van der Waals surface area (Å²) < 4.78 is 0. The van der Waals surface area contributed by atoms with Crippen LogP contribution in [-0.2, 0) is 0 Å². The second-order valence-electron chi connectivity index (χ2n) is 4.83. The lowest BCUT2D eigenvalue weighted by Gasteiger charge is -1.94. The number of carbonyl (C=O) groups excluding carboxylic acids is 1. The molecule has 0 bridgehead atoms. The Morgan fingerprint density at radius 2 is 2.04 bits per heavy atom. The normalized spacial score (nSPS) is 9.56. The minimum Gasteiger partial charge on any atom is -0.272 e. The van der Waals surface area contributed by atoms with E-state index in [-0.39, 0.29) is 5.69 Å². The minimum absolute atomic E-state index is 0.190. The predicted octanol–water partition coefficient (Wildman–Crippen LogP) is 4.46. The summed E-state index contributed by atoms with van der Waals surface area (Å²) in [5.74, 6) is -0.627. The van der Waals surface area contributed by atoms with Gasteiger partial charge in [0.05, 0.1) is 15.7 Å². The molecule has 2 aromatic heterocycles. The molecule has 9 heteroatoms. The number of benzene rings is 1. The number of nitrogens with zero attached hydrogens (tertiary/aromatic N) is 4. The van der Waals surface area contributed by atoms with Gasteiger partial charge in [-0.2, -0.15) is 5.10 Å². The van der Waals surface area contributed by atoms with Crippen LogP contribution in [-0.4, -0.2) is 21.1 Å². The van der Waals surface area contributed by atoms with Crippen molar-refractivity contribution < 1.29 is 4.79 Å². The van der Waals surface area contributed by atoms with Crippen molar-refractivity contribution in [3.63, 3.8) is 0 Å². The maximum absolute atomic E-state index is 11.2. The summed E-state index contributed by atoms with van der Waals surface area (Å²) in [6.07, 6.45) is 3.28. The predicted molar refractivity (Wildman–Crippen MR) is 94.6 cm³/mol. The van der Waals surface area contributed by atoms with Crippen molar-refractivity contribution in [3.05, 3.63) is 70.1 Å². The maximum Gasteiger partial charge on any atom is 0.378 e. The highest BCUT2D eigenvalue weighted by Crippen LogP contribution is 2.21. The van der Waals surface area contributed by atoms with Crippen molar-refractivity contribution in [3.8, 4) is 11.3 Å². The summed E-state index contributed by atoms with van der Waals surface area (Å²) in [7, 11) is 0. The van der Waals surface area contributed by atoms with E-state index < -0.39 is 5.91 Å². The molecule has 0 atom stereocenters. The van der Waals surface area contributed by atoms with Gasteiger partial charge in [-0.15, -0.1) is 0 Å². The molecule has 0 aliphatic carbocycles. The first-order valence-electron chi connectivity index (χ1n) is 7.00. The second kappa shape index (κ2) is 8.84. The van der Waals surface area contributed by atoms with Crippen molar-refractivity contribution in [1.82, 2.24) is 20.1 Å². The minimum atomic E-state index is -0.627. The third kappa shape index (κ3) is 5.32. The number of aromatic nitrogens is 3. The molecule has 3 aromatic rings. The molecule has 3 rings (SSSR count). The Hall–Kier alpha value is -2.86. The van der Waals surface area contributed by atoms with Gasteiger partial charge in [-0.05, 0) is 42.8 Å². The van der Waals surface area contributed by atoms with Crippen LogP contribution in [0.4, 0.5) is 0 Å². The molecule has 0 unspecified atom stereocenters. The lowest BCUT2D eigenvalue weighted by Crippen LogP contribution is -1.94. The molecule has 0 aliphatic rings. The lowest BCUT2D eigenvalue weighted by molar-refractivity contribution is 0.0987. The monoisotopic (exact) mass is 375 g/mol. The van der Waals surface area contributed by atoms with Crippen molar-refractivity contribution in [2.24, 2.45) is 5.11 Å². The van der Waals surface area contributed by atoms with Crippen LogP contribution in [0.5, 0.6) is 0 Å². The Morgan fingerprint density at radius 3 is 2.64 bits per heavy atom. The Kier molecular flexibility index (Phi) is 6.54. The number of hydrogen-bond donors (Lipinski definition) is 2. The van der Waals surface area contributed by atoms with Gasteiger partial charge in [0.1, 0.15) is 11.2 Å². The largest absolute Gasteiger partial charge is 0.378 e. The summed E-state index contributed by atoms with van der Waals surface area (Å²) in [5, 5.41) is 10.8. The zero-order valence-corrected chi connectivity index (χ0v) is 14.6. The molecule has 25 heavy (non-hydrogen) atoms. The molecule has 0 aliphatic heterocycles. The van der Waals surface area contributed by atoms with E-state index in [1.165, 1.54) is 6.07 Å². The van der Waals surface area contributed by atoms with Gasteiger partial charge in [0.2, 0.25) is 10.0 Å². The topological polar surface area (TPSA) is 109 Å². The molecular weight excluding hydrogens is 363 g/mol. The van der Waals surface area contributed by atoms with E-state index >= 15 is 0 Å². The Bertz CT molecular complexity index is 919. The number of pyridine rings is 1. The molecule has 0 saturated heterocycles. The Morgan fingerprint density at radius 1 is 1.24 bits per heavy atom. The highest BCUT2D eigenvalue weighted by atomic mass is 35.5. The Labute approximate surface area is 153 Å². The number of nitrogens with one attached hydrogen (secondary N) is 2. The van der Waals surface area contributed by atoms with Crippen LogP contribution in [0.1, 0.15) is 16.1 Å². The van der Waals surface area contributed by atoms with Crippen LogP contribution in [0.25, 0.3) is 11.3 Å². The fraction of sp³-hybridized carbons (Fsp3) is 0.0625. The maximum atomic E-state index is 11.2. The first-order chi connectivity index (χ1) is 12.0. The van der Waals surface area contributed by atoms with Crippen molar-refractivity contribution >= 4 is 29.1 Å². The number of H-pyrrole nitrogens is 1. The first-order valence-corrected chi connectivity index (χ1v) is 7.76. The zero-order chi connectivity index (χ0) is 18.2. The number of aromatic amines is 1.